The first-order chi connectivity index (χ1) is 6.27. The summed E-state index contributed by atoms with van der Waals surface area (Å²) in [5.41, 5.74) is 12.5. The van der Waals surface area contributed by atoms with Crippen molar-refractivity contribution in [1.82, 2.24) is 15.5 Å². The number of anilines is 2. The Morgan fingerprint density at radius 3 is 2.85 bits per heavy atom. The Balaban J connectivity index is 2.25. The monoisotopic (exact) mass is 179 g/mol. The van der Waals surface area contributed by atoms with E-state index in [0.29, 0.717) is 17.5 Å². The predicted octanol–water partition coefficient (Wildman–Crippen LogP) is 0.0655. The summed E-state index contributed by atoms with van der Waals surface area (Å²) in [6.07, 6.45) is 2.27. The van der Waals surface area contributed by atoms with Gasteiger partial charge < -0.3 is 16.8 Å². The SMILES string of the molecule is Nc1cc(C2CCCN2)nnc1N. The Kier molecular flexibility index (Phi) is 2.02. The maximum absolute atomic E-state index is 5.63. The van der Waals surface area contributed by atoms with Crippen LogP contribution in [0.3, 0.4) is 0 Å². The number of rotatable bonds is 1. The Morgan fingerprint density at radius 2 is 2.23 bits per heavy atom. The second-order valence-corrected chi connectivity index (χ2v) is 3.26. The summed E-state index contributed by atoms with van der Waals surface area (Å²) in [5, 5.41) is 11.1. The zero-order valence-electron chi connectivity index (χ0n) is 7.33. The zero-order chi connectivity index (χ0) is 9.26. The third kappa shape index (κ3) is 1.55. The minimum atomic E-state index is 0.301. The van der Waals surface area contributed by atoms with Crippen LogP contribution in [0.15, 0.2) is 6.07 Å². The summed E-state index contributed by atoms with van der Waals surface area (Å²) in [6, 6.07) is 2.10. The molecule has 5 nitrogen and oxygen atoms in total. The molecule has 0 saturated carbocycles. The van der Waals surface area contributed by atoms with Crippen LogP contribution in [0.2, 0.25) is 0 Å². The molecule has 5 N–H and O–H groups in total. The molecule has 1 aliphatic heterocycles. The number of nitrogens with two attached hydrogens (primary N) is 2. The van der Waals surface area contributed by atoms with E-state index < -0.39 is 0 Å². The molecular formula is C8H13N5. The highest BCUT2D eigenvalue weighted by molar-refractivity contribution is 5.57. The fraction of sp³-hybridized carbons (Fsp3) is 0.500. The minimum Gasteiger partial charge on any atom is -0.396 e. The molecule has 0 amide bonds. The van der Waals surface area contributed by atoms with Gasteiger partial charge in [-0.1, -0.05) is 0 Å². The topological polar surface area (TPSA) is 89.8 Å². The van der Waals surface area contributed by atoms with Gasteiger partial charge in [-0.05, 0) is 25.5 Å². The number of nitrogens with one attached hydrogen (secondary N) is 1. The van der Waals surface area contributed by atoms with Crippen LogP contribution >= 0.6 is 0 Å². The molecule has 13 heavy (non-hydrogen) atoms. The Labute approximate surface area is 76.5 Å². The maximum Gasteiger partial charge on any atom is 0.169 e. The second kappa shape index (κ2) is 3.18. The molecular weight excluding hydrogens is 166 g/mol. The van der Waals surface area contributed by atoms with Gasteiger partial charge in [0.2, 0.25) is 0 Å². The van der Waals surface area contributed by atoms with E-state index >= 15 is 0 Å². The molecule has 0 spiro atoms. The highest BCUT2D eigenvalue weighted by atomic mass is 15.2. The lowest BCUT2D eigenvalue weighted by Gasteiger charge is -2.09. The van der Waals surface area contributed by atoms with Crippen molar-refractivity contribution in [3.63, 3.8) is 0 Å². The summed E-state index contributed by atoms with van der Waals surface area (Å²) >= 11 is 0. The van der Waals surface area contributed by atoms with Crippen molar-refractivity contribution >= 4 is 11.5 Å². The van der Waals surface area contributed by atoms with Gasteiger partial charge in [-0.2, -0.15) is 5.10 Å². The van der Waals surface area contributed by atoms with Gasteiger partial charge in [-0.25, -0.2) is 0 Å². The second-order valence-electron chi connectivity index (χ2n) is 3.26. The van der Waals surface area contributed by atoms with Gasteiger partial charge in [0.25, 0.3) is 0 Å². The van der Waals surface area contributed by atoms with E-state index in [-0.39, 0.29) is 0 Å². The molecule has 2 heterocycles. The molecule has 1 saturated heterocycles. The first kappa shape index (κ1) is 8.25. The van der Waals surface area contributed by atoms with Crippen LogP contribution in [0, 0.1) is 0 Å². The third-order valence-corrected chi connectivity index (χ3v) is 2.29. The van der Waals surface area contributed by atoms with Crippen molar-refractivity contribution in [2.75, 3.05) is 18.0 Å². The van der Waals surface area contributed by atoms with Crippen molar-refractivity contribution in [2.45, 2.75) is 18.9 Å². The Bertz CT molecular complexity index is 305. The molecule has 0 aliphatic carbocycles. The standard InChI is InChI=1S/C8H13N5/c9-5-4-7(12-13-8(5)10)6-2-1-3-11-6/h4,6,11H,1-3H2,(H2,9,12)(H2,10,13). The lowest BCUT2D eigenvalue weighted by Crippen LogP contribution is -2.15. The van der Waals surface area contributed by atoms with E-state index in [2.05, 4.69) is 15.5 Å². The van der Waals surface area contributed by atoms with Crippen LogP contribution in [-0.4, -0.2) is 16.7 Å². The lowest BCUT2D eigenvalue weighted by molar-refractivity contribution is 0.618. The fourth-order valence-corrected chi connectivity index (χ4v) is 1.54. The predicted molar refractivity (Wildman–Crippen MR) is 50.8 cm³/mol. The molecule has 2 rings (SSSR count). The van der Waals surface area contributed by atoms with Crippen LogP contribution in [0.4, 0.5) is 11.5 Å². The first-order valence-electron chi connectivity index (χ1n) is 4.39. The number of hydrogen-bond donors (Lipinski definition) is 3. The van der Waals surface area contributed by atoms with Gasteiger partial charge in [0.1, 0.15) is 0 Å². The van der Waals surface area contributed by atoms with Crippen LogP contribution < -0.4 is 16.8 Å². The zero-order valence-corrected chi connectivity index (χ0v) is 7.33. The van der Waals surface area contributed by atoms with Gasteiger partial charge in [-0.15, -0.1) is 5.10 Å². The Morgan fingerprint density at radius 1 is 1.38 bits per heavy atom. The van der Waals surface area contributed by atoms with E-state index in [1.165, 1.54) is 6.42 Å². The molecule has 0 radical (unpaired) electrons. The van der Waals surface area contributed by atoms with E-state index in [0.717, 1.165) is 18.7 Å². The molecule has 1 aliphatic rings. The smallest absolute Gasteiger partial charge is 0.169 e. The van der Waals surface area contributed by atoms with Crippen LogP contribution in [0.1, 0.15) is 24.6 Å². The maximum atomic E-state index is 5.63. The first-order valence-corrected chi connectivity index (χ1v) is 4.39. The van der Waals surface area contributed by atoms with Crippen molar-refractivity contribution in [3.05, 3.63) is 11.8 Å². The number of aromatic nitrogens is 2. The van der Waals surface area contributed by atoms with Crippen LogP contribution in [0.25, 0.3) is 0 Å². The number of hydrogen-bond acceptors (Lipinski definition) is 5. The van der Waals surface area contributed by atoms with Gasteiger partial charge in [0, 0.05) is 0 Å². The molecule has 1 unspecified atom stereocenters. The Hall–Kier alpha value is -1.36. The van der Waals surface area contributed by atoms with Gasteiger partial charge in [0.15, 0.2) is 5.82 Å². The normalized spacial score (nSPS) is 22.0. The molecule has 1 aromatic heterocycles. The highest BCUT2D eigenvalue weighted by Gasteiger charge is 2.18. The number of nitrogens with zero attached hydrogens (tertiary/aromatic N) is 2. The van der Waals surface area contributed by atoms with Crippen LogP contribution in [-0.2, 0) is 0 Å². The van der Waals surface area contributed by atoms with Gasteiger partial charge in [-0.3, -0.25) is 0 Å². The van der Waals surface area contributed by atoms with E-state index in [9.17, 15) is 0 Å². The summed E-state index contributed by atoms with van der Waals surface area (Å²) in [4.78, 5) is 0. The molecule has 1 fully saturated rings. The van der Waals surface area contributed by atoms with E-state index in [4.69, 9.17) is 11.5 Å². The van der Waals surface area contributed by atoms with Gasteiger partial charge >= 0.3 is 0 Å². The molecule has 1 atom stereocenters. The third-order valence-electron chi connectivity index (χ3n) is 2.29. The number of nitrogen functional groups attached to an aromatic ring is 2. The van der Waals surface area contributed by atoms with Crippen molar-refractivity contribution in [1.29, 1.82) is 0 Å². The van der Waals surface area contributed by atoms with Crippen molar-refractivity contribution < 1.29 is 0 Å². The average Bonchev–Trinajstić information content (AvgIpc) is 2.62. The quantitative estimate of drug-likeness (QED) is 0.567. The average molecular weight is 179 g/mol. The molecule has 1 aromatic rings. The van der Waals surface area contributed by atoms with Crippen molar-refractivity contribution in [2.24, 2.45) is 0 Å². The highest BCUT2D eigenvalue weighted by Crippen LogP contribution is 2.23. The summed E-state index contributed by atoms with van der Waals surface area (Å²) in [6.45, 7) is 1.04. The molecule has 0 bridgehead atoms. The molecule has 0 aromatic carbocycles. The van der Waals surface area contributed by atoms with E-state index in [1.807, 2.05) is 0 Å². The van der Waals surface area contributed by atoms with E-state index in [1.54, 1.807) is 6.07 Å². The van der Waals surface area contributed by atoms with Crippen LogP contribution in [0.5, 0.6) is 0 Å². The van der Waals surface area contributed by atoms with Gasteiger partial charge in [0.05, 0.1) is 17.4 Å². The van der Waals surface area contributed by atoms with Crippen molar-refractivity contribution in [3.8, 4) is 0 Å². The molecule has 70 valence electrons. The molecule has 5 heteroatoms. The lowest BCUT2D eigenvalue weighted by atomic mass is 10.1. The largest absolute Gasteiger partial charge is 0.396 e. The minimum absolute atomic E-state index is 0.301. The summed E-state index contributed by atoms with van der Waals surface area (Å²) in [5.74, 6) is 0.307. The summed E-state index contributed by atoms with van der Waals surface area (Å²) in [7, 11) is 0. The summed E-state index contributed by atoms with van der Waals surface area (Å²) < 4.78 is 0. The fourth-order valence-electron chi connectivity index (χ4n) is 1.54.